The lowest BCUT2D eigenvalue weighted by Gasteiger charge is -2.22. The molecule has 1 aromatic rings. The first kappa shape index (κ1) is 15.9. The molecule has 0 aliphatic heterocycles. The summed E-state index contributed by atoms with van der Waals surface area (Å²) in [6.45, 7) is 7.39. The van der Waals surface area contributed by atoms with Gasteiger partial charge in [-0.3, -0.25) is 0 Å². The van der Waals surface area contributed by atoms with Crippen LogP contribution in [-0.2, 0) is 11.3 Å². The molecule has 0 aliphatic carbocycles. The summed E-state index contributed by atoms with van der Waals surface area (Å²) >= 11 is 5.37. The summed E-state index contributed by atoms with van der Waals surface area (Å²) in [7, 11) is 2.02. The van der Waals surface area contributed by atoms with Crippen LogP contribution in [-0.4, -0.2) is 36.8 Å². The molecule has 0 saturated carbocycles. The lowest BCUT2D eigenvalue weighted by atomic mass is 10.1. The van der Waals surface area contributed by atoms with E-state index in [2.05, 4.69) is 41.4 Å². The van der Waals surface area contributed by atoms with Crippen LogP contribution in [0.1, 0.15) is 24.5 Å². The molecular weight excluding hydrogens is 256 g/mol. The lowest BCUT2D eigenvalue weighted by molar-refractivity contribution is 0.145. The number of thiocarbonyl (C=S) groups is 1. The van der Waals surface area contributed by atoms with Gasteiger partial charge in [-0.2, -0.15) is 0 Å². The highest BCUT2D eigenvalue weighted by molar-refractivity contribution is 7.80. The van der Waals surface area contributed by atoms with Crippen LogP contribution in [0.2, 0.25) is 0 Å². The molecule has 0 atom stereocenters. The van der Waals surface area contributed by atoms with Crippen molar-refractivity contribution in [3.63, 3.8) is 0 Å². The normalized spacial score (nSPS) is 10.3. The fourth-order valence-corrected chi connectivity index (χ4v) is 1.93. The van der Waals surface area contributed by atoms with E-state index in [9.17, 15) is 0 Å². The van der Waals surface area contributed by atoms with E-state index >= 15 is 0 Å². The SMILES string of the molecule is CCOCCCNC(=S)N(C)Cc1ccccc1C. The molecule has 4 heteroatoms. The van der Waals surface area contributed by atoms with Gasteiger partial charge in [0.25, 0.3) is 0 Å². The van der Waals surface area contributed by atoms with Crippen LogP contribution in [0.25, 0.3) is 0 Å². The van der Waals surface area contributed by atoms with Crippen LogP contribution >= 0.6 is 12.2 Å². The number of hydrogen-bond donors (Lipinski definition) is 1. The lowest BCUT2D eigenvalue weighted by Crippen LogP contribution is -2.37. The van der Waals surface area contributed by atoms with Crippen LogP contribution in [0.5, 0.6) is 0 Å². The highest BCUT2D eigenvalue weighted by Gasteiger charge is 2.05. The second-order valence-corrected chi connectivity index (χ2v) is 4.95. The summed E-state index contributed by atoms with van der Waals surface area (Å²) in [5, 5.41) is 4.05. The Hall–Kier alpha value is -1.13. The third kappa shape index (κ3) is 6.03. The maximum atomic E-state index is 5.37. The molecule has 0 bridgehead atoms. The van der Waals surface area contributed by atoms with Crippen molar-refractivity contribution in [1.29, 1.82) is 0 Å². The van der Waals surface area contributed by atoms with Crippen LogP contribution in [0.3, 0.4) is 0 Å². The molecule has 0 aliphatic rings. The van der Waals surface area contributed by atoms with Crippen molar-refractivity contribution in [1.82, 2.24) is 10.2 Å². The summed E-state index contributed by atoms with van der Waals surface area (Å²) < 4.78 is 5.29. The number of rotatable bonds is 7. The predicted molar refractivity (Wildman–Crippen MR) is 84.4 cm³/mol. The summed E-state index contributed by atoms with van der Waals surface area (Å²) in [4.78, 5) is 2.07. The van der Waals surface area contributed by atoms with E-state index < -0.39 is 0 Å². The number of hydrogen-bond acceptors (Lipinski definition) is 2. The monoisotopic (exact) mass is 280 g/mol. The van der Waals surface area contributed by atoms with Crippen molar-refractivity contribution >= 4 is 17.3 Å². The average Bonchev–Trinajstić information content (AvgIpc) is 2.41. The number of aryl methyl sites for hydroxylation is 1. The maximum absolute atomic E-state index is 5.37. The Morgan fingerprint density at radius 1 is 1.37 bits per heavy atom. The summed E-state index contributed by atoms with van der Waals surface area (Å²) in [6.07, 6.45) is 0.978. The minimum atomic E-state index is 0.775. The van der Waals surface area contributed by atoms with Gasteiger partial charge in [-0.15, -0.1) is 0 Å². The third-order valence-electron chi connectivity index (χ3n) is 2.96. The zero-order chi connectivity index (χ0) is 14.1. The number of benzene rings is 1. The summed E-state index contributed by atoms with van der Waals surface area (Å²) in [5.41, 5.74) is 2.61. The highest BCUT2D eigenvalue weighted by Crippen LogP contribution is 2.09. The van der Waals surface area contributed by atoms with Gasteiger partial charge < -0.3 is 15.0 Å². The van der Waals surface area contributed by atoms with Crippen molar-refractivity contribution < 1.29 is 4.74 Å². The molecule has 0 unspecified atom stereocenters. The van der Waals surface area contributed by atoms with E-state index in [4.69, 9.17) is 17.0 Å². The Morgan fingerprint density at radius 2 is 2.11 bits per heavy atom. The molecule has 1 aromatic carbocycles. The minimum absolute atomic E-state index is 0.775. The zero-order valence-electron chi connectivity index (χ0n) is 12.1. The molecule has 0 spiro atoms. The van der Waals surface area contributed by atoms with E-state index in [1.165, 1.54) is 11.1 Å². The van der Waals surface area contributed by atoms with E-state index in [0.717, 1.165) is 37.8 Å². The first-order chi connectivity index (χ1) is 9.15. The largest absolute Gasteiger partial charge is 0.382 e. The van der Waals surface area contributed by atoms with E-state index in [1.807, 2.05) is 14.0 Å². The van der Waals surface area contributed by atoms with Crippen LogP contribution in [0, 0.1) is 6.92 Å². The molecule has 19 heavy (non-hydrogen) atoms. The van der Waals surface area contributed by atoms with Gasteiger partial charge in [-0.25, -0.2) is 0 Å². The fourth-order valence-electron chi connectivity index (χ4n) is 1.76. The Kier molecular flexibility index (Phi) is 7.45. The molecule has 0 fully saturated rings. The second kappa shape index (κ2) is 8.88. The number of ether oxygens (including phenoxy) is 1. The molecule has 3 nitrogen and oxygen atoms in total. The van der Waals surface area contributed by atoms with Gasteiger partial charge in [-0.05, 0) is 43.6 Å². The maximum Gasteiger partial charge on any atom is 0.168 e. The molecular formula is C15H24N2OS. The zero-order valence-corrected chi connectivity index (χ0v) is 12.9. The molecule has 0 radical (unpaired) electrons. The molecule has 0 heterocycles. The molecule has 1 rings (SSSR count). The molecule has 0 amide bonds. The first-order valence-electron chi connectivity index (χ1n) is 6.76. The quantitative estimate of drug-likeness (QED) is 0.613. The molecule has 0 saturated heterocycles. The van der Waals surface area contributed by atoms with Crippen LogP contribution in [0.4, 0.5) is 0 Å². The Morgan fingerprint density at radius 3 is 2.79 bits per heavy atom. The van der Waals surface area contributed by atoms with Gasteiger partial charge in [0.15, 0.2) is 5.11 Å². The summed E-state index contributed by atoms with van der Waals surface area (Å²) in [5.74, 6) is 0. The minimum Gasteiger partial charge on any atom is -0.382 e. The Labute approximate surface area is 121 Å². The van der Waals surface area contributed by atoms with Gasteiger partial charge in [-0.1, -0.05) is 24.3 Å². The topological polar surface area (TPSA) is 24.5 Å². The van der Waals surface area contributed by atoms with Crippen molar-refractivity contribution in [2.75, 3.05) is 26.8 Å². The number of nitrogens with zero attached hydrogens (tertiary/aromatic N) is 1. The summed E-state index contributed by atoms with van der Waals surface area (Å²) in [6, 6.07) is 8.39. The first-order valence-corrected chi connectivity index (χ1v) is 7.17. The van der Waals surface area contributed by atoms with Gasteiger partial charge >= 0.3 is 0 Å². The fraction of sp³-hybridized carbons (Fsp3) is 0.533. The van der Waals surface area contributed by atoms with Crippen molar-refractivity contribution in [3.05, 3.63) is 35.4 Å². The Bertz CT molecular complexity index is 395. The smallest absolute Gasteiger partial charge is 0.168 e. The Balaban J connectivity index is 2.31. The van der Waals surface area contributed by atoms with Crippen molar-refractivity contribution in [3.8, 4) is 0 Å². The predicted octanol–water partition coefficient (Wildman–Crippen LogP) is 2.73. The van der Waals surface area contributed by atoms with E-state index in [-0.39, 0.29) is 0 Å². The van der Waals surface area contributed by atoms with Gasteiger partial charge in [0.2, 0.25) is 0 Å². The van der Waals surface area contributed by atoms with Crippen molar-refractivity contribution in [2.45, 2.75) is 26.8 Å². The second-order valence-electron chi connectivity index (χ2n) is 4.56. The molecule has 0 aromatic heterocycles. The standard InChI is InChI=1S/C15H24N2OS/c1-4-18-11-7-10-16-15(19)17(3)12-14-9-6-5-8-13(14)2/h5-6,8-9H,4,7,10-12H2,1-3H3,(H,16,19). The third-order valence-corrected chi connectivity index (χ3v) is 3.42. The van der Waals surface area contributed by atoms with Gasteiger partial charge in [0, 0.05) is 33.4 Å². The van der Waals surface area contributed by atoms with Gasteiger partial charge in [0.1, 0.15) is 0 Å². The highest BCUT2D eigenvalue weighted by atomic mass is 32.1. The van der Waals surface area contributed by atoms with Crippen LogP contribution in [0.15, 0.2) is 24.3 Å². The van der Waals surface area contributed by atoms with Gasteiger partial charge in [0.05, 0.1) is 0 Å². The average molecular weight is 280 g/mol. The molecule has 1 N–H and O–H groups in total. The molecule has 106 valence electrons. The van der Waals surface area contributed by atoms with E-state index in [1.54, 1.807) is 0 Å². The number of nitrogens with one attached hydrogen (secondary N) is 1. The van der Waals surface area contributed by atoms with Crippen molar-refractivity contribution in [2.24, 2.45) is 0 Å². The van der Waals surface area contributed by atoms with E-state index in [0.29, 0.717) is 0 Å². The van der Waals surface area contributed by atoms with Crippen LogP contribution < -0.4 is 5.32 Å².